The van der Waals surface area contributed by atoms with Crippen molar-refractivity contribution in [3.05, 3.63) is 22.8 Å². The lowest BCUT2D eigenvalue weighted by molar-refractivity contribution is 0.0650. The number of nitrogens with two attached hydrogens (primary N) is 1. The van der Waals surface area contributed by atoms with E-state index in [1.54, 1.807) is 12.1 Å². The number of anilines is 1. The van der Waals surface area contributed by atoms with Crippen LogP contribution >= 0.6 is 11.6 Å². The van der Waals surface area contributed by atoms with Crippen molar-refractivity contribution in [2.45, 2.75) is 45.6 Å². The van der Waals surface area contributed by atoms with Gasteiger partial charge >= 0.3 is 0 Å². The number of rotatable bonds is 4. The van der Waals surface area contributed by atoms with Crippen molar-refractivity contribution in [3.63, 3.8) is 0 Å². The first-order valence-electron chi connectivity index (χ1n) is 7.22. The second-order valence-corrected chi connectivity index (χ2v) is 6.26. The first-order chi connectivity index (χ1) is 9.49. The first kappa shape index (κ1) is 15.1. The molecule has 0 spiro atoms. The Hall–Kier alpha value is -1.29. The predicted molar refractivity (Wildman–Crippen MR) is 81.8 cm³/mol. The van der Waals surface area contributed by atoms with Crippen molar-refractivity contribution in [3.8, 4) is 0 Å². The van der Waals surface area contributed by atoms with E-state index in [2.05, 4.69) is 18.8 Å². The average molecular weight is 296 g/mol. The van der Waals surface area contributed by atoms with Crippen LogP contribution < -0.4 is 5.73 Å². The molecule has 2 N–H and O–H groups in total. The molecule has 1 aliphatic carbocycles. The number of hydrogen-bond donors (Lipinski definition) is 1. The summed E-state index contributed by atoms with van der Waals surface area (Å²) in [7, 11) is 0. The summed E-state index contributed by atoms with van der Waals surface area (Å²) in [4.78, 5) is 18.8. The van der Waals surface area contributed by atoms with Gasteiger partial charge in [0.05, 0.1) is 5.02 Å². The molecule has 0 aromatic carbocycles. The number of amides is 1. The Labute approximate surface area is 125 Å². The molecular weight excluding hydrogens is 274 g/mol. The maximum Gasteiger partial charge on any atom is 0.274 e. The summed E-state index contributed by atoms with van der Waals surface area (Å²) in [6.45, 7) is 4.96. The summed E-state index contributed by atoms with van der Waals surface area (Å²) in [5.74, 6) is 0.649. The van der Waals surface area contributed by atoms with E-state index >= 15 is 0 Å². The Morgan fingerprint density at radius 1 is 1.45 bits per heavy atom. The molecule has 1 aromatic rings. The van der Waals surface area contributed by atoms with Crippen molar-refractivity contribution < 1.29 is 4.79 Å². The van der Waals surface area contributed by atoms with Crippen LogP contribution in [0.15, 0.2) is 12.1 Å². The highest BCUT2D eigenvalue weighted by Gasteiger charge is 2.29. The van der Waals surface area contributed by atoms with Crippen molar-refractivity contribution in [2.24, 2.45) is 5.92 Å². The van der Waals surface area contributed by atoms with Gasteiger partial charge in [-0.1, -0.05) is 38.3 Å². The minimum Gasteiger partial charge on any atom is -0.384 e. The number of hydrogen-bond acceptors (Lipinski definition) is 3. The fourth-order valence-corrected chi connectivity index (χ4v) is 2.94. The Morgan fingerprint density at radius 3 is 2.70 bits per heavy atom. The van der Waals surface area contributed by atoms with E-state index in [4.69, 9.17) is 17.3 Å². The summed E-state index contributed by atoms with van der Waals surface area (Å²) in [5, 5.41) is 0.371. The molecule has 0 atom stereocenters. The highest BCUT2D eigenvalue weighted by atomic mass is 35.5. The highest BCUT2D eigenvalue weighted by molar-refractivity contribution is 6.33. The third-order valence-electron chi connectivity index (χ3n) is 3.66. The van der Waals surface area contributed by atoms with Gasteiger partial charge in [0.15, 0.2) is 0 Å². The summed E-state index contributed by atoms with van der Waals surface area (Å²) in [5.41, 5.74) is 5.96. The van der Waals surface area contributed by atoms with Crippen LogP contribution in [0.2, 0.25) is 5.02 Å². The second kappa shape index (κ2) is 6.44. The lowest BCUT2D eigenvalue weighted by atomic mass is 10.1. The Bertz CT molecular complexity index is 484. The number of nitrogens with zero attached hydrogens (tertiary/aromatic N) is 2. The number of pyridine rings is 1. The van der Waals surface area contributed by atoms with Crippen LogP contribution in [0.4, 0.5) is 5.82 Å². The number of halogens is 1. The molecule has 1 saturated carbocycles. The highest BCUT2D eigenvalue weighted by Crippen LogP contribution is 2.27. The molecule has 1 aliphatic rings. The number of aromatic nitrogens is 1. The zero-order chi connectivity index (χ0) is 14.7. The molecule has 0 unspecified atom stereocenters. The van der Waals surface area contributed by atoms with Crippen molar-refractivity contribution in [2.75, 3.05) is 12.3 Å². The van der Waals surface area contributed by atoms with Gasteiger partial charge in [-0.05, 0) is 30.9 Å². The van der Waals surface area contributed by atoms with E-state index in [9.17, 15) is 4.79 Å². The van der Waals surface area contributed by atoms with E-state index in [1.165, 1.54) is 12.8 Å². The van der Waals surface area contributed by atoms with Crippen LogP contribution in [0, 0.1) is 5.92 Å². The molecule has 0 saturated heterocycles. The van der Waals surface area contributed by atoms with Gasteiger partial charge in [-0.25, -0.2) is 4.98 Å². The molecule has 1 fully saturated rings. The SMILES string of the molecule is CC(C)CN(C(=O)c1nc(N)ccc1Cl)C1CCCC1. The van der Waals surface area contributed by atoms with E-state index in [0.29, 0.717) is 22.8 Å². The zero-order valence-corrected chi connectivity index (χ0v) is 12.9. The molecule has 5 heteroatoms. The number of carbonyl (C=O) groups excluding carboxylic acids is 1. The molecule has 2 rings (SSSR count). The van der Waals surface area contributed by atoms with Crippen molar-refractivity contribution >= 4 is 23.3 Å². The third kappa shape index (κ3) is 3.42. The molecule has 1 heterocycles. The Morgan fingerprint density at radius 2 is 2.10 bits per heavy atom. The third-order valence-corrected chi connectivity index (χ3v) is 3.96. The van der Waals surface area contributed by atoms with E-state index in [0.717, 1.165) is 19.4 Å². The smallest absolute Gasteiger partial charge is 0.274 e. The largest absolute Gasteiger partial charge is 0.384 e. The second-order valence-electron chi connectivity index (χ2n) is 5.86. The monoisotopic (exact) mass is 295 g/mol. The van der Waals surface area contributed by atoms with Gasteiger partial charge in [-0.15, -0.1) is 0 Å². The summed E-state index contributed by atoms with van der Waals surface area (Å²) >= 11 is 6.11. The quantitative estimate of drug-likeness (QED) is 0.926. The van der Waals surface area contributed by atoms with Gasteiger partial charge in [-0.3, -0.25) is 4.79 Å². The molecule has 0 aliphatic heterocycles. The first-order valence-corrected chi connectivity index (χ1v) is 7.60. The standard InChI is InChI=1S/C15H22ClN3O/c1-10(2)9-19(11-5-3-4-6-11)15(20)14-12(16)7-8-13(17)18-14/h7-8,10-11H,3-6,9H2,1-2H3,(H2,17,18). The zero-order valence-electron chi connectivity index (χ0n) is 12.1. The maximum atomic E-state index is 12.8. The molecule has 1 amide bonds. The molecule has 1 aromatic heterocycles. The van der Waals surface area contributed by atoms with Crippen LogP contribution in [0.1, 0.15) is 50.0 Å². The molecule has 20 heavy (non-hydrogen) atoms. The van der Waals surface area contributed by atoms with Crippen LogP contribution in [0.5, 0.6) is 0 Å². The lowest BCUT2D eigenvalue weighted by Crippen LogP contribution is -2.41. The normalized spacial score (nSPS) is 15.8. The fourth-order valence-electron chi connectivity index (χ4n) is 2.75. The van der Waals surface area contributed by atoms with Gasteiger partial charge in [0.2, 0.25) is 0 Å². The minimum absolute atomic E-state index is 0.0945. The summed E-state index contributed by atoms with van der Waals surface area (Å²) < 4.78 is 0. The molecule has 0 bridgehead atoms. The number of carbonyl (C=O) groups is 1. The van der Waals surface area contributed by atoms with Crippen LogP contribution in [-0.2, 0) is 0 Å². The molecule has 110 valence electrons. The van der Waals surface area contributed by atoms with E-state index < -0.39 is 0 Å². The average Bonchev–Trinajstić information content (AvgIpc) is 2.91. The summed E-state index contributed by atoms with van der Waals surface area (Å²) in [6, 6.07) is 3.56. The topological polar surface area (TPSA) is 59.2 Å². The van der Waals surface area contributed by atoms with E-state index in [-0.39, 0.29) is 11.6 Å². The van der Waals surface area contributed by atoms with Crippen LogP contribution in [-0.4, -0.2) is 28.4 Å². The van der Waals surface area contributed by atoms with Crippen molar-refractivity contribution in [1.29, 1.82) is 0 Å². The van der Waals surface area contributed by atoms with Crippen molar-refractivity contribution in [1.82, 2.24) is 9.88 Å². The number of nitrogen functional groups attached to an aromatic ring is 1. The van der Waals surface area contributed by atoms with Gasteiger partial charge in [-0.2, -0.15) is 0 Å². The maximum absolute atomic E-state index is 12.8. The van der Waals surface area contributed by atoms with E-state index in [1.807, 2.05) is 4.90 Å². The fraction of sp³-hybridized carbons (Fsp3) is 0.600. The predicted octanol–water partition coefficient (Wildman–Crippen LogP) is 3.36. The Kier molecular flexibility index (Phi) is 4.86. The molecular formula is C15H22ClN3O. The minimum atomic E-state index is -0.0945. The van der Waals surface area contributed by atoms with Gasteiger partial charge in [0.1, 0.15) is 11.5 Å². The summed E-state index contributed by atoms with van der Waals surface area (Å²) in [6.07, 6.45) is 4.51. The Balaban J connectivity index is 2.27. The van der Waals surface area contributed by atoms with Gasteiger partial charge < -0.3 is 10.6 Å². The molecule has 0 radical (unpaired) electrons. The van der Waals surface area contributed by atoms with Crippen LogP contribution in [0.3, 0.4) is 0 Å². The van der Waals surface area contributed by atoms with Crippen LogP contribution in [0.25, 0.3) is 0 Å². The lowest BCUT2D eigenvalue weighted by Gasteiger charge is -2.30. The molecule has 4 nitrogen and oxygen atoms in total. The van der Waals surface area contributed by atoms with Gasteiger partial charge in [0.25, 0.3) is 5.91 Å². The van der Waals surface area contributed by atoms with Gasteiger partial charge in [0, 0.05) is 12.6 Å².